The molecule has 0 saturated heterocycles. The maximum Gasteiger partial charge on any atom is 0.256 e. The topological polar surface area (TPSA) is 85.2 Å². The van der Waals surface area contributed by atoms with Crippen molar-refractivity contribution in [2.24, 2.45) is 4.99 Å². The number of amidine groups is 1. The van der Waals surface area contributed by atoms with Crippen LogP contribution >= 0.6 is 0 Å². The van der Waals surface area contributed by atoms with Crippen LogP contribution in [-0.2, 0) is 9.59 Å². The van der Waals surface area contributed by atoms with E-state index in [0.29, 0.717) is 30.1 Å². The van der Waals surface area contributed by atoms with Gasteiger partial charge in [0.1, 0.15) is 5.84 Å². The second kappa shape index (κ2) is 6.68. The van der Waals surface area contributed by atoms with Crippen LogP contribution in [0, 0.1) is 0 Å². The predicted octanol–water partition coefficient (Wildman–Crippen LogP) is 0.322. The molecule has 0 bridgehead atoms. The highest BCUT2D eigenvalue weighted by Gasteiger charge is 2.42. The van der Waals surface area contributed by atoms with Gasteiger partial charge in [-0.15, -0.1) is 0 Å². The summed E-state index contributed by atoms with van der Waals surface area (Å²) in [5.74, 6) is 0.0147. The number of aliphatic hydroxyl groups is 1. The van der Waals surface area contributed by atoms with Crippen LogP contribution in [0.1, 0.15) is 13.8 Å². The summed E-state index contributed by atoms with van der Waals surface area (Å²) >= 11 is 0. The van der Waals surface area contributed by atoms with Crippen molar-refractivity contribution in [1.82, 2.24) is 15.1 Å². The number of ketones is 1. The van der Waals surface area contributed by atoms with Crippen molar-refractivity contribution in [3.63, 3.8) is 0 Å². The van der Waals surface area contributed by atoms with Crippen LogP contribution in [0.25, 0.3) is 0 Å². The summed E-state index contributed by atoms with van der Waals surface area (Å²) in [7, 11) is 1.70. The monoisotopic (exact) mass is 342 g/mol. The number of hydrogen-bond acceptors (Lipinski definition) is 6. The van der Waals surface area contributed by atoms with E-state index in [1.54, 1.807) is 18.9 Å². The minimum absolute atomic E-state index is 0.225. The maximum absolute atomic E-state index is 13.1. The molecule has 0 aliphatic carbocycles. The molecule has 2 N–H and O–H groups in total. The highest BCUT2D eigenvalue weighted by molar-refractivity contribution is 6.32. The normalized spacial score (nSPS) is 23.1. The number of dihydropyridines is 1. The lowest BCUT2D eigenvalue weighted by Crippen LogP contribution is -2.41. The summed E-state index contributed by atoms with van der Waals surface area (Å²) in [6.45, 7) is 4.38. The first kappa shape index (κ1) is 17.2. The number of fused-ring (bicyclic) bond motifs is 1. The van der Waals surface area contributed by atoms with Crippen molar-refractivity contribution in [2.75, 3.05) is 20.1 Å². The molecule has 7 heteroatoms. The Morgan fingerprint density at radius 2 is 2.32 bits per heavy atom. The zero-order valence-electron chi connectivity index (χ0n) is 14.6. The van der Waals surface area contributed by atoms with E-state index in [1.165, 1.54) is 12.3 Å². The first-order valence-corrected chi connectivity index (χ1v) is 8.27. The lowest BCUT2D eigenvalue weighted by Gasteiger charge is -2.29. The van der Waals surface area contributed by atoms with Gasteiger partial charge in [0.2, 0.25) is 0 Å². The molecule has 3 aliphatic rings. The van der Waals surface area contributed by atoms with Crippen molar-refractivity contribution in [3.05, 3.63) is 47.5 Å². The van der Waals surface area contributed by atoms with Gasteiger partial charge < -0.3 is 20.2 Å². The maximum atomic E-state index is 13.1. The summed E-state index contributed by atoms with van der Waals surface area (Å²) in [6.07, 6.45) is 7.72. The number of hydrogen-bond donors (Lipinski definition) is 2. The molecule has 2 unspecified atom stereocenters. The SMILES string of the molecule is CC(O)CN1C2=NC=CC(=O)C2=C(C(=O)N(C)C2=CC=CNC2)C1C. The number of rotatable bonds is 4. The molecule has 2 atom stereocenters. The first-order valence-electron chi connectivity index (χ1n) is 8.27. The van der Waals surface area contributed by atoms with Gasteiger partial charge >= 0.3 is 0 Å². The molecule has 0 saturated carbocycles. The molecule has 0 aromatic carbocycles. The van der Waals surface area contributed by atoms with E-state index in [0.717, 1.165) is 5.70 Å². The van der Waals surface area contributed by atoms with Gasteiger partial charge in [-0.2, -0.15) is 0 Å². The van der Waals surface area contributed by atoms with Crippen molar-refractivity contribution < 1.29 is 14.7 Å². The van der Waals surface area contributed by atoms with E-state index in [4.69, 9.17) is 0 Å². The zero-order chi connectivity index (χ0) is 18.1. The van der Waals surface area contributed by atoms with Crippen molar-refractivity contribution in [3.8, 4) is 0 Å². The Labute approximate surface area is 146 Å². The fourth-order valence-electron chi connectivity index (χ4n) is 3.26. The number of carbonyl (C=O) groups is 2. The van der Waals surface area contributed by atoms with Gasteiger partial charge in [-0.3, -0.25) is 9.59 Å². The van der Waals surface area contributed by atoms with Gasteiger partial charge in [-0.25, -0.2) is 4.99 Å². The fourth-order valence-corrected chi connectivity index (χ4v) is 3.26. The largest absolute Gasteiger partial charge is 0.392 e. The number of amides is 1. The highest BCUT2D eigenvalue weighted by Crippen LogP contribution is 2.31. The molecular weight excluding hydrogens is 320 g/mol. The average Bonchev–Trinajstić information content (AvgIpc) is 2.87. The molecule has 1 amide bonds. The van der Waals surface area contributed by atoms with Gasteiger partial charge in [0.25, 0.3) is 5.91 Å². The highest BCUT2D eigenvalue weighted by atomic mass is 16.3. The van der Waals surface area contributed by atoms with E-state index >= 15 is 0 Å². The first-order chi connectivity index (χ1) is 11.9. The summed E-state index contributed by atoms with van der Waals surface area (Å²) < 4.78 is 0. The minimum atomic E-state index is -0.602. The predicted molar refractivity (Wildman–Crippen MR) is 94.5 cm³/mol. The molecule has 3 aliphatic heterocycles. The Balaban J connectivity index is 1.99. The van der Waals surface area contributed by atoms with Crippen molar-refractivity contribution in [2.45, 2.75) is 26.0 Å². The van der Waals surface area contributed by atoms with Gasteiger partial charge in [0.05, 0.1) is 29.8 Å². The number of aliphatic hydroxyl groups excluding tert-OH is 1. The van der Waals surface area contributed by atoms with Gasteiger partial charge in [0, 0.05) is 31.6 Å². The molecule has 25 heavy (non-hydrogen) atoms. The second-order valence-electron chi connectivity index (χ2n) is 6.36. The van der Waals surface area contributed by atoms with Crippen LogP contribution in [0.2, 0.25) is 0 Å². The average molecular weight is 342 g/mol. The number of nitrogens with one attached hydrogen (secondary N) is 1. The summed E-state index contributed by atoms with van der Waals surface area (Å²) in [5.41, 5.74) is 1.58. The fraction of sp³-hybridized carbons (Fsp3) is 0.389. The second-order valence-corrected chi connectivity index (χ2v) is 6.36. The number of carbonyl (C=O) groups excluding carboxylic acids is 2. The number of aliphatic imine (C=N–C) groups is 1. The summed E-state index contributed by atoms with van der Waals surface area (Å²) in [4.78, 5) is 33.3. The summed E-state index contributed by atoms with van der Waals surface area (Å²) in [5, 5.41) is 12.9. The third-order valence-corrected chi connectivity index (χ3v) is 4.53. The van der Waals surface area contributed by atoms with Crippen molar-refractivity contribution >= 4 is 17.5 Å². The number of nitrogens with zero attached hydrogens (tertiary/aromatic N) is 3. The molecule has 0 aromatic rings. The Hall–Kier alpha value is -2.67. The molecule has 0 spiro atoms. The van der Waals surface area contributed by atoms with Crippen LogP contribution in [0.15, 0.2) is 52.5 Å². The van der Waals surface area contributed by atoms with E-state index in [1.807, 2.05) is 30.2 Å². The van der Waals surface area contributed by atoms with Gasteiger partial charge in [-0.05, 0) is 32.2 Å². The Kier molecular flexibility index (Phi) is 4.59. The molecule has 3 rings (SSSR count). The molecule has 3 heterocycles. The number of β-amino-alcohol motifs (C(OH)–C–C–N with tert-alkyl or cyclic N) is 1. The number of likely N-dealkylation sites (N-methyl/N-ethyl adjacent to an activating group) is 1. The number of allylic oxidation sites excluding steroid dienone is 3. The Morgan fingerprint density at radius 3 is 2.96 bits per heavy atom. The molecule has 7 nitrogen and oxygen atoms in total. The van der Waals surface area contributed by atoms with Crippen LogP contribution in [-0.4, -0.2) is 64.7 Å². The van der Waals surface area contributed by atoms with E-state index < -0.39 is 6.10 Å². The van der Waals surface area contributed by atoms with Crippen molar-refractivity contribution in [1.29, 1.82) is 0 Å². The minimum Gasteiger partial charge on any atom is -0.392 e. The smallest absolute Gasteiger partial charge is 0.256 e. The zero-order valence-corrected chi connectivity index (χ0v) is 14.6. The third-order valence-electron chi connectivity index (χ3n) is 4.53. The van der Waals surface area contributed by atoms with Gasteiger partial charge in [-0.1, -0.05) is 0 Å². The van der Waals surface area contributed by atoms with E-state index in [9.17, 15) is 14.7 Å². The molecule has 0 fully saturated rings. The molecule has 0 aromatic heterocycles. The Morgan fingerprint density at radius 1 is 1.56 bits per heavy atom. The lowest BCUT2D eigenvalue weighted by molar-refractivity contribution is -0.125. The van der Waals surface area contributed by atoms with Crippen LogP contribution < -0.4 is 5.32 Å². The van der Waals surface area contributed by atoms with Crippen LogP contribution in [0.4, 0.5) is 0 Å². The summed E-state index contributed by atoms with van der Waals surface area (Å²) in [6, 6.07) is -0.338. The quantitative estimate of drug-likeness (QED) is 0.769. The Bertz CT molecular complexity index is 758. The molecule has 0 radical (unpaired) electrons. The molecular formula is C18H22N4O3. The molecule has 132 valence electrons. The standard InChI is InChI=1S/C18H22N4O3/c1-11(23)10-22-12(2)15(16-14(24)6-8-20-17(16)22)18(25)21(3)13-5-4-7-19-9-13/h4-8,11-12,19,23H,9-10H2,1-3H3. The van der Waals surface area contributed by atoms with E-state index in [2.05, 4.69) is 10.3 Å². The van der Waals surface area contributed by atoms with Crippen LogP contribution in [0.5, 0.6) is 0 Å². The van der Waals surface area contributed by atoms with Crippen LogP contribution in [0.3, 0.4) is 0 Å². The van der Waals surface area contributed by atoms with Gasteiger partial charge in [0.15, 0.2) is 5.78 Å². The third kappa shape index (κ3) is 3.02. The lowest BCUT2D eigenvalue weighted by atomic mass is 10.00. The van der Waals surface area contributed by atoms with E-state index in [-0.39, 0.29) is 17.7 Å².